The Balaban J connectivity index is 1.72. The summed E-state index contributed by atoms with van der Waals surface area (Å²) in [7, 11) is 1.83. The number of halogens is 7. The maximum atomic E-state index is 16.9. The van der Waals surface area contributed by atoms with Gasteiger partial charge in [0.15, 0.2) is 5.82 Å². The van der Waals surface area contributed by atoms with Gasteiger partial charge in [-0.2, -0.15) is 13.2 Å². The topological polar surface area (TPSA) is 112 Å². The second-order valence-electron chi connectivity index (χ2n) is 11.9. The fourth-order valence-electron chi connectivity index (χ4n) is 6.57. The molecule has 1 unspecified atom stereocenters. The Labute approximate surface area is 252 Å². The number of aromatic nitrogens is 1. The predicted molar refractivity (Wildman–Crippen MR) is 146 cm³/mol. The van der Waals surface area contributed by atoms with Gasteiger partial charge in [0.1, 0.15) is 17.6 Å². The summed E-state index contributed by atoms with van der Waals surface area (Å²) in [5.74, 6) is -8.92. The summed E-state index contributed by atoms with van der Waals surface area (Å²) in [4.78, 5) is 43.2. The van der Waals surface area contributed by atoms with E-state index < -0.39 is 94.5 Å². The minimum absolute atomic E-state index is 0.152. The second kappa shape index (κ2) is 11.1. The number of piperazine rings is 1. The van der Waals surface area contributed by atoms with Crippen LogP contribution in [-0.2, 0) is 11.7 Å². The molecule has 1 saturated carbocycles. The first-order valence-electron chi connectivity index (χ1n) is 14.0. The van der Waals surface area contributed by atoms with Crippen molar-refractivity contribution in [2.75, 3.05) is 36.9 Å². The van der Waals surface area contributed by atoms with Crippen LogP contribution in [0.15, 0.2) is 35.3 Å². The van der Waals surface area contributed by atoms with Crippen LogP contribution >= 0.6 is 0 Å². The van der Waals surface area contributed by atoms with Crippen LogP contribution in [-0.4, -0.2) is 71.5 Å². The summed E-state index contributed by atoms with van der Waals surface area (Å²) < 4.78 is 103. The van der Waals surface area contributed by atoms with E-state index in [0.717, 1.165) is 12.1 Å². The molecule has 1 aromatic carbocycles. The van der Waals surface area contributed by atoms with E-state index in [9.17, 15) is 41.4 Å². The summed E-state index contributed by atoms with van der Waals surface area (Å²) >= 11 is 0. The fourth-order valence-corrected chi connectivity index (χ4v) is 6.57. The number of H-pyrrole nitrogens is 1. The molecule has 1 saturated heterocycles. The van der Waals surface area contributed by atoms with Crippen molar-refractivity contribution in [1.29, 1.82) is 0 Å². The number of anilines is 2. The van der Waals surface area contributed by atoms with E-state index in [2.05, 4.69) is 5.32 Å². The lowest BCUT2D eigenvalue weighted by atomic mass is 9.65. The molecule has 0 spiro atoms. The van der Waals surface area contributed by atoms with Crippen molar-refractivity contribution in [2.45, 2.75) is 56.4 Å². The lowest BCUT2D eigenvalue weighted by Gasteiger charge is -2.52. The van der Waals surface area contributed by atoms with E-state index in [1.54, 1.807) is 0 Å². The molecule has 3 heterocycles. The SMILES string of the molecule is C[C@@H]1CN(c2cc(F)c(C3(C4CC(F)(F)C4)C=CCN3C(=O)[O-])c(F)c2NC(=O)c2c[nH]c(=O)cc2C(F)(F)F)C[C@H](C)N1C. The summed E-state index contributed by atoms with van der Waals surface area (Å²) in [6.07, 6.45) is -6.06. The highest BCUT2D eigenvalue weighted by Gasteiger charge is 2.60. The molecular formula is C29H29F7N5O4-. The smallest absolute Gasteiger partial charge is 0.417 e. The van der Waals surface area contributed by atoms with Gasteiger partial charge in [0.05, 0.1) is 27.9 Å². The zero-order chi connectivity index (χ0) is 33.2. The van der Waals surface area contributed by atoms with Crippen molar-refractivity contribution in [3.05, 3.63) is 69.2 Å². The van der Waals surface area contributed by atoms with E-state index in [1.807, 2.05) is 30.8 Å². The number of aromatic amines is 1. The molecule has 2 aliphatic heterocycles. The number of carbonyl (C=O) groups excluding carboxylic acids is 2. The minimum Gasteiger partial charge on any atom is -0.530 e. The number of pyridine rings is 1. The average molecular weight is 645 g/mol. The minimum atomic E-state index is -5.16. The van der Waals surface area contributed by atoms with Gasteiger partial charge in [-0.05, 0) is 27.0 Å². The maximum absolute atomic E-state index is 16.9. The number of amides is 2. The third kappa shape index (κ3) is 5.53. The van der Waals surface area contributed by atoms with Crippen LogP contribution < -0.4 is 20.9 Å². The van der Waals surface area contributed by atoms with Gasteiger partial charge in [-0.25, -0.2) is 17.6 Å². The number of hydrogen-bond donors (Lipinski definition) is 2. The second-order valence-corrected chi connectivity index (χ2v) is 11.9. The van der Waals surface area contributed by atoms with Crippen LogP contribution in [0.3, 0.4) is 0 Å². The summed E-state index contributed by atoms with van der Waals surface area (Å²) in [5.41, 5.74) is -8.19. The van der Waals surface area contributed by atoms with E-state index >= 15 is 8.78 Å². The number of hydrogen-bond acceptors (Lipinski definition) is 6. The highest BCUT2D eigenvalue weighted by molar-refractivity contribution is 6.07. The Morgan fingerprint density at radius 2 is 1.71 bits per heavy atom. The molecule has 0 bridgehead atoms. The fraction of sp³-hybridized carbons (Fsp3) is 0.483. The van der Waals surface area contributed by atoms with Crippen LogP contribution in [0.2, 0.25) is 0 Å². The van der Waals surface area contributed by atoms with Crippen molar-refractivity contribution in [3.8, 4) is 0 Å². The molecule has 5 rings (SSSR count). The van der Waals surface area contributed by atoms with Crippen LogP contribution in [0.5, 0.6) is 0 Å². The third-order valence-corrected chi connectivity index (χ3v) is 9.05. The number of carboxylic acid groups (broad SMARTS) is 1. The monoisotopic (exact) mass is 644 g/mol. The molecule has 0 radical (unpaired) electrons. The van der Waals surface area contributed by atoms with Gasteiger partial charge >= 0.3 is 6.18 Å². The molecule has 2 fully saturated rings. The van der Waals surface area contributed by atoms with Gasteiger partial charge in [-0.1, -0.05) is 12.2 Å². The molecule has 9 nitrogen and oxygen atoms in total. The molecule has 16 heteroatoms. The Morgan fingerprint density at radius 3 is 2.27 bits per heavy atom. The van der Waals surface area contributed by atoms with Gasteiger partial charge in [-0.15, -0.1) is 0 Å². The molecule has 2 amide bonds. The van der Waals surface area contributed by atoms with Gasteiger partial charge < -0.3 is 30.0 Å². The molecule has 3 atom stereocenters. The largest absolute Gasteiger partial charge is 0.530 e. The Bertz CT molecular complexity index is 1610. The number of benzene rings is 1. The number of rotatable bonds is 5. The van der Waals surface area contributed by atoms with E-state index in [4.69, 9.17) is 0 Å². The number of alkyl halides is 5. The van der Waals surface area contributed by atoms with Crippen LogP contribution in [0.1, 0.15) is 48.2 Å². The standard InChI is InChI=1S/C29H30F7N5O4/c1-14-12-40(13-15(2)39(14)3)20-8-19(30)22(28(16-9-27(32,33)10-16)5-4-6-41(28)26(44)45)23(31)24(20)38-25(43)17-11-37-21(42)7-18(17)29(34,35)36/h4-5,7-8,11,14-16H,6,9-10,12-13H2,1-3H3,(H,37,42)(H,38,43)(H,44,45)/p-1/t14-,15+,28?. The van der Waals surface area contributed by atoms with Gasteiger partial charge in [0.2, 0.25) is 11.5 Å². The Morgan fingerprint density at radius 1 is 1.09 bits per heavy atom. The first-order chi connectivity index (χ1) is 20.9. The summed E-state index contributed by atoms with van der Waals surface area (Å²) in [5, 5.41) is 14.3. The first kappa shape index (κ1) is 32.3. The zero-order valence-electron chi connectivity index (χ0n) is 24.3. The van der Waals surface area contributed by atoms with Crippen LogP contribution in [0.4, 0.5) is 46.9 Å². The third-order valence-electron chi connectivity index (χ3n) is 9.05. The molecule has 2 aromatic rings. The molecule has 244 valence electrons. The number of nitrogens with zero attached hydrogens (tertiary/aromatic N) is 3. The molecule has 1 aromatic heterocycles. The van der Waals surface area contributed by atoms with Crippen molar-refractivity contribution >= 4 is 23.4 Å². The van der Waals surface area contributed by atoms with Gasteiger partial charge in [0.25, 0.3) is 5.91 Å². The van der Waals surface area contributed by atoms with Crippen molar-refractivity contribution in [2.24, 2.45) is 5.92 Å². The van der Waals surface area contributed by atoms with Gasteiger partial charge in [-0.3, -0.25) is 14.5 Å². The Hall–Kier alpha value is -4.08. The maximum Gasteiger partial charge on any atom is 0.417 e. The van der Waals surface area contributed by atoms with Crippen LogP contribution in [0.25, 0.3) is 0 Å². The number of carbonyl (C=O) groups is 2. The normalized spacial score (nSPS) is 25.4. The highest BCUT2D eigenvalue weighted by Crippen LogP contribution is 2.57. The van der Waals surface area contributed by atoms with E-state index in [-0.39, 0.29) is 36.9 Å². The lowest BCUT2D eigenvalue weighted by Crippen LogP contribution is -2.60. The molecule has 3 aliphatic rings. The quantitative estimate of drug-likeness (QED) is 0.378. The first-order valence-corrected chi connectivity index (χ1v) is 14.0. The molecule has 45 heavy (non-hydrogen) atoms. The molecule has 2 N–H and O–H groups in total. The number of likely N-dealkylation sites (N-methyl/N-ethyl adjacent to an activating group) is 1. The van der Waals surface area contributed by atoms with E-state index in [0.29, 0.717) is 11.1 Å². The molecule has 1 aliphatic carbocycles. The van der Waals surface area contributed by atoms with Crippen molar-refractivity contribution in [3.63, 3.8) is 0 Å². The Kier molecular flexibility index (Phi) is 7.95. The lowest BCUT2D eigenvalue weighted by molar-refractivity contribution is -0.274. The highest BCUT2D eigenvalue weighted by atomic mass is 19.4. The number of nitrogens with one attached hydrogen (secondary N) is 2. The van der Waals surface area contributed by atoms with Crippen molar-refractivity contribution < 1.29 is 45.4 Å². The zero-order valence-corrected chi connectivity index (χ0v) is 24.3. The predicted octanol–water partition coefficient (Wildman–Crippen LogP) is 3.91. The van der Waals surface area contributed by atoms with E-state index in [1.165, 1.54) is 11.0 Å². The average Bonchev–Trinajstić information content (AvgIpc) is 3.36. The summed E-state index contributed by atoms with van der Waals surface area (Å²) in [6.45, 7) is 3.54. The summed E-state index contributed by atoms with van der Waals surface area (Å²) in [6, 6.07) is 0.594. The van der Waals surface area contributed by atoms with Crippen molar-refractivity contribution in [1.82, 2.24) is 14.8 Å². The molecular weight excluding hydrogens is 615 g/mol. The van der Waals surface area contributed by atoms with Crippen LogP contribution in [0, 0.1) is 17.6 Å². The van der Waals surface area contributed by atoms with Gasteiger partial charge in [0, 0.05) is 62.7 Å².